The third-order valence-corrected chi connectivity index (χ3v) is 4.06. The van der Waals surface area contributed by atoms with Crippen LogP contribution in [-0.4, -0.2) is 48.7 Å². The highest BCUT2D eigenvalue weighted by Crippen LogP contribution is 2.22. The number of piperazine rings is 1. The first-order valence-corrected chi connectivity index (χ1v) is 8.21. The molecule has 0 radical (unpaired) electrons. The van der Waals surface area contributed by atoms with Crippen molar-refractivity contribution in [2.75, 3.05) is 42.6 Å². The number of aromatic nitrogens is 2. The van der Waals surface area contributed by atoms with E-state index in [2.05, 4.69) is 25.8 Å². The van der Waals surface area contributed by atoms with E-state index in [1.807, 2.05) is 0 Å². The summed E-state index contributed by atoms with van der Waals surface area (Å²) in [6, 6.07) is 9.10. The fraction of sp³-hybridized carbons (Fsp3) is 0.333. The molecule has 1 fully saturated rings. The van der Waals surface area contributed by atoms with Gasteiger partial charge in [-0.3, -0.25) is 0 Å². The second kappa shape index (κ2) is 7.62. The Kier molecular flexibility index (Phi) is 5.09. The number of nitriles is 1. The lowest BCUT2D eigenvalue weighted by molar-refractivity contribution is 0.0526. The predicted molar refractivity (Wildman–Crippen MR) is 93.6 cm³/mol. The summed E-state index contributed by atoms with van der Waals surface area (Å²) in [5.41, 5.74) is 1.09. The Morgan fingerprint density at radius 3 is 2.68 bits per heavy atom. The first kappa shape index (κ1) is 16.7. The van der Waals surface area contributed by atoms with Gasteiger partial charge in [0.2, 0.25) is 0 Å². The van der Waals surface area contributed by atoms with Gasteiger partial charge in [-0.15, -0.1) is 0 Å². The van der Waals surface area contributed by atoms with E-state index in [-0.39, 0.29) is 5.97 Å². The van der Waals surface area contributed by atoms with Gasteiger partial charge in [0, 0.05) is 38.6 Å². The Bertz CT molecular complexity index is 794. The van der Waals surface area contributed by atoms with Crippen molar-refractivity contribution < 1.29 is 9.53 Å². The van der Waals surface area contributed by atoms with E-state index in [1.165, 1.54) is 0 Å². The molecule has 3 rings (SSSR count). The lowest BCUT2D eigenvalue weighted by Gasteiger charge is -2.36. The average Bonchev–Trinajstić information content (AvgIpc) is 2.68. The maximum atomic E-state index is 12.1. The van der Waals surface area contributed by atoms with Crippen LogP contribution in [0.3, 0.4) is 0 Å². The van der Waals surface area contributed by atoms with Crippen LogP contribution in [-0.2, 0) is 4.74 Å². The summed E-state index contributed by atoms with van der Waals surface area (Å²) in [5.74, 6) is 1.10. The van der Waals surface area contributed by atoms with E-state index in [4.69, 9.17) is 10.00 Å². The molecule has 0 amide bonds. The van der Waals surface area contributed by atoms with Gasteiger partial charge in [-0.1, -0.05) is 0 Å². The van der Waals surface area contributed by atoms with Gasteiger partial charge in [0.05, 0.1) is 18.2 Å². The third-order valence-electron chi connectivity index (χ3n) is 4.06. The minimum absolute atomic E-state index is 0.335. The van der Waals surface area contributed by atoms with Crippen LogP contribution in [0.15, 0.2) is 36.7 Å². The van der Waals surface area contributed by atoms with Crippen molar-refractivity contribution in [2.45, 2.75) is 6.92 Å². The highest BCUT2D eigenvalue weighted by molar-refractivity contribution is 5.94. The van der Waals surface area contributed by atoms with Crippen LogP contribution < -0.4 is 9.80 Å². The fourth-order valence-corrected chi connectivity index (χ4v) is 2.83. The molecule has 2 aromatic heterocycles. The van der Waals surface area contributed by atoms with Crippen molar-refractivity contribution in [2.24, 2.45) is 0 Å². The van der Waals surface area contributed by atoms with Crippen LogP contribution >= 0.6 is 0 Å². The van der Waals surface area contributed by atoms with Gasteiger partial charge in [0.15, 0.2) is 0 Å². The van der Waals surface area contributed by atoms with Crippen molar-refractivity contribution in [1.29, 1.82) is 5.26 Å². The monoisotopic (exact) mass is 337 g/mol. The topological polar surface area (TPSA) is 82.4 Å². The summed E-state index contributed by atoms with van der Waals surface area (Å²) in [5, 5.41) is 9.02. The molecular formula is C18H19N5O2. The molecule has 7 nitrogen and oxygen atoms in total. The van der Waals surface area contributed by atoms with Crippen LogP contribution in [0.25, 0.3) is 0 Å². The van der Waals surface area contributed by atoms with Crippen molar-refractivity contribution in [3.8, 4) is 6.07 Å². The van der Waals surface area contributed by atoms with E-state index in [0.717, 1.165) is 18.9 Å². The lowest BCUT2D eigenvalue weighted by Crippen LogP contribution is -2.47. The van der Waals surface area contributed by atoms with E-state index < -0.39 is 0 Å². The Morgan fingerprint density at radius 1 is 1.20 bits per heavy atom. The van der Waals surface area contributed by atoms with Gasteiger partial charge >= 0.3 is 5.97 Å². The molecule has 0 saturated carbocycles. The summed E-state index contributed by atoms with van der Waals surface area (Å²) in [6.45, 7) is 5.02. The average molecular weight is 337 g/mol. The van der Waals surface area contributed by atoms with E-state index in [1.54, 1.807) is 43.6 Å². The maximum absolute atomic E-state index is 12.1. The third kappa shape index (κ3) is 3.69. The molecule has 0 spiro atoms. The molecule has 1 aliphatic heterocycles. The Hall–Kier alpha value is -3.14. The van der Waals surface area contributed by atoms with Crippen molar-refractivity contribution in [1.82, 2.24) is 9.97 Å². The Labute approximate surface area is 146 Å². The molecule has 0 unspecified atom stereocenters. The lowest BCUT2D eigenvalue weighted by atomic mass is 10.2. The maximum Gasteiger partial charge on any atom is 0.341 e. The van der Waals surface area contributed by atoms with E-state index in [9.17, 15) is 4.79 Å². The molecule has 0 aliphatic carbocycles. The quantitative estimate of drug-likeness (QED) is 0.787. The second-order valence-electron chi connectivity index (χ2n) is 5.58. The summed E-state index contributed by atoms with van der Waals surface area (Å²) < 4.78 is 5.12. The normalized spacial score (nSPS) is 14.1. The van der Waals surface area contributed by atoms with Crippen LogP contribution in [0.4, 0.5) is 11.6 Å². The number of ether oxygens (including phenoxy) is 1. The minimum atomic E-state index is -0.351. The number of nitrogens with zero attached hydrogens (tertiary/aromatic N) is 5. The van der Waals surface area contributed by atoms with Gasteiger partial charge < -0.3 is 14.5 Å². The molecule has 0 bridgehead atoms. The largest absolute Gasteiger partial charge is 0.462 e. The zero-order chi connectivity index (χ0) is 17.6. The zero-order valence-corrected chi connectivity index (χ0v) is 14.1. The molecule has 128 valence electrons. The SMILES string of the molecule is CCOC(=O)c1cccnc1N1CCN(c2cc(C#N)ccn2)CC1. The van der Waals surface area contributed by atoms with E-state index in [0.29, 0.717) is 36.6 Å². The molecule has 0 atom stereocenters. The summed E-state index contributed by atoms with van der Waals surface area (Å²) in [7, 11) is 0. The number of anilines is 2. The molecule has 1 saturated heterocycles. The minimum Gasteiger partial charge on any atom is -0.462 e. The molecule has 0 N–H and O–H groups in total. The number of esters is 1. The van der Waals surface area contributed by atoms with Crippen molar-refractivity contribution in [3.05, 3.63) is 47.8 Å². The van der Waals surface area contributed by atoms with Gasteiger partial charge in [-0.2, -0.15) is 5.26 Å². The van der Waals surface area contributed by atoms with Gasteiger partial charge in [0.1, 0.15) is 17.2 Å². The van der Waals surface area contributed by atoms with Gasteiger partial charge in [-0.05, 0) is 31.2 Å². The van der Waals surface area contributed by atoms with Gasteiger partial charge in [-0.25, -0.2) is 14.8 Å². The smallest absolute Gasteiger partial charge is 0.341 e. The van der Waals surface area contributed by atoms with Crippen LogP contribution in [0.2, 0.25) is 0 Å². The number of rotatable bonds is 4. The zero-order valence-electron chi connectivity index (χ0n) is 14.1. The second-order valence-corrected chi connectivity index (χ2v) is 5.58. The van der Waals surface area contributed by atoms with Crippen LogP contribution in [0.5, 0.6) is 0 Å². The Balaban J connectivity index is 1.73. The predicted octanol–water partition coefficient (Wildman–Crippen LogP) is 1.85. The highest BCUT2D eigenvalue weighted by atomic mass is 16.5. The standard InChI is InChI=1S/C18H19N5O2/c1-2-25-18(24)15-4-3-6-21-17(15)23-10-8-22(9-11-23)16-12-14(13-19)5-7-20-16/h3-7,12H,2,8-11H2,1H3. The number of carbonyl (C=O) groups is 1. The molecule has 2 aromatic rings. The van der Waals surface area contributed by atoms with Crippen LogP contribution in [0.1, 0.15) is 22.8 Å². The number of hydrogen-bond acceptors (Lipinski definition) is 7. The number of pyridine rings is 2. The molecule has 1 aliphatic rings. The van der Waals surface area contributed by atoms with Crippen molar-refractivity contribution in [3.63, 3.8) is 0 Å². The fourth-order valence-electron chi connectivity index (χ4n) is 2.83. The van der Waals surface area contributed by atoms with E-state index >= 15 is 0 Å². The molecular weight excluding hydrogens is 318 g/mol. The summed E-state index contributed by atoms with van der Waals surface area (Å²) in [6.07, 6.45) is 3.33. The molecule has 25 heavy (non-hydrogen) atoms. The highest BCUT2D eigenvalue weighted by Gasteiger charge is 2.23. The van der Waals surface area contributed by atoms with Crippen LogP contribution in [0, 0.1) is 11.3 Å². The molecule has 0 aromatic carbocycles. The molecule has 7 heteroatoms. The first-order chi connectivity index (χ1) is 12.2. The number of carbonyl (C=O) groups excluding carboxylic acids is 1. The summed E-state index contributed by atoms with van der Waals surface area (Å²) in [4.78, 5) is 25.1. The molecule has 3 heterocycles. The Morgan fingerprint density at radius 2 is 1.96 bits per heavy atom. The first-order valence-electron chi connectivity index (χ1n) is 8.21. The van der Waals surface area contributed by atoms with Gasteiger partial charge in [0.25, 0.3) is 0 Å². The number of hydrogen-bond donors (Lipinski definition) is 0. The summed E-state index contributed by atoms with van der Waals surface area (Å²) >= 11 is 0. The van der Waals surface area contributed by atoms with Crippen molar-refractivity contribution >= 4 is 17.6 Å².